The minimum Gasteiger partial charge on any atom is -0.352 e. The first-order chi connectivity index (χ1) is 7.63. The molecular weight excluding hydrogens is 200 g/mol. The molecular formula is C13H20N2O. The van der Waals surface area contributed by atoms with Gasteiger partial charge in [-0.2, -0.15) is 0 Å². The Morgan fingerprint density at radius 1 is 1.44 bits per heavy atom. The summed E-state index contributed by atoms with van der Waals surface area (Å²) in [7, 11) is 0. The van der Waals surface area contributed by atoms with Crippen LogP contribution in [0, 0.1) is 6.92 Å². The second-order valence-corrected chi connectivity index (χ2v) is 4.08. The SMILES string of the molecule is CCC(N)CC(=O)NCc1ccccc1C. The molecule has 0 aliphatic rings. The summed E-state index contributed by atoms with van der Waals surface area (Å²) in [4.78, 5) is 11.5. The Balaban J connectivity index is 2.40. The number of amides is 1. The molecule has 1 rings (SSSR count). The summed E-state index contributed by atoms with van der Waals surface area (Å²) >= 11 is 0. The maximum absolute atomic E-state index is 11.5. The molecule has 0 radical (unpaired) electrons. The molecule has 0 spiro atoms. The zero-order valence-corrected chi connectivity index (χ0v) is 9.99. The van der Waals surface area contributed by atoms with Gasteiger partial charge in [0.25, 0.3) is 0 Å². The number of carbonyl (C=O) groups excluding carboxylic acids is 1. The van der Waals surface area contributed by atoms with Gasteiger partial charge in [0.2, 0.25) is 5.91 Å². The van der Waals surface area contributed by atoms with Crippen LogP contribution in [0.1, 0.15) is 30.9 Å². The van der Waals surface area contributed by atoms with Gasteiger partial charge in [0.05, 0.1) is 0 Å². The van der Waals surface area contributed by atoms with E-state index in [1.165, 1.54) is 5.56 Å². The average molecular weight is 220 g/mol. The number of hydrogen-bond acceptors (Lipinski definition) is 2. The molecule has 3 nitrogen and oxygen atoms in total. The summed E-state index contributed by atoms with van der Waals surface area (Å²) in [6.45, 7) is 4.61. The predicted octanol–water partition coefficient (Wildman–Crippen LogP) is 1.74. The molecule has 1 amide bonds. The largest absolute Gasteiger partial charge is 0.352 e. The van der Waals surface area contributed by atoms with Crippen molar-refractivity contribution < 1.29 is 4.79 Å². The third-order valence-corrected chi connectivity index (χ3v) is 2.71. The summed E-state index contributed by atoms with van der Waals surface area (Å²) in [6.07, 6.45) is 1.24. The van der Waals surface area contributed by atoms with Gasteiger partial charge < -0.3 is 11.1 Å². The van der Waals surface area contributed by atoms with Crippen LogP contribution in [-0.2, 0) is 11.3 Å². The lowest BCUT2D eigenvalue weighted by atomic mass is 10.1. The van der Waals surface area contributed by atoms with Crippen molar-refractivity contribution in [2.45, 2.75) is 39.3 Å². The summed E-state index contributed by atoms with van der Waals surface area (Å²) < 4.78 is 0. The van der Waals surface area contributed by atoms with Gasteiger partial charge in [-0.3, -0.25) is 4.79 Å². The first kappa shape index (κ1) is 12.7. The molecule has 3 heteroatoms. The Kier molecular flexibility index (Phi) is 4.99. The number of rotatable bonds is 5. The van der Waals surface area contributed by atoms with Crippen LogP contribution in [0.3, 0.4) is 0 Å². The van der Waals surface area contributed by atoms with Crippen molar-refractivity contribution in [2.75, 3.05) is 0 Å². The summed E-state index contributed by atoms with van der Waals surface area (Å²) in [5.41, 5.74) is 8.06. The lowest BCUT2D eigenvalue weighted by molar-refractivity contribution is -0.121. The van der Waals surface area contributed by atoms with E-state index < -0.39 is 0 Å². The van der Waals surface area contributed by atoms with Crippen LogP contribution < -0.4 is 11.1 Å². The topological polar surface area (TPSA) is 55.1 Å². The van der Waals surface area contributed by atoms with Crippen LogP contribution in [0.25, 0.3) is 0 Å². The third kappa shape index (κ3) is 4.03. The van der Waals surface area contributed by atoms with E-state index in [0.717, 1.165) is 12.0 Å². The molecule has 0 bridgehead atoms. The van der Waals surface area contributed by atoms with Crippen molar-refractivity contribution in [2.24, 2.45) is 5.73 Å². The van der Waals surface area contributed by atoms with Crippen LogP contribution in [0.2, 0.25) is 0 Å². The molecule has 16 heavy (non-hydrogen) atoms. The summed E-state index contributed by atoms with van der Waals surface area (Å²) in [6, 6.07) is 8.01. The highest BCUT2D eigenvalue weighted by molar-refractivity contribution is 5.76. The maximum Gasteiger partial charge on any atom is 0.221 e. The minimum absolute atomic E-state index is 0.0256. The average Bonchev–Trinajstić information content (AvgIpc) is 2.28. The van der Waals surface area contributed by atoms with Gasteiger partial charge in [0.15, 0.2) is 0 Å². The van der Waals surface area contributed by atoms with Crippen LogP contribution in [0.4, 0.5) is 0 Å². The molecule has 0 aromatic heterocycles. The summed E-state index contributed by atoms with van der Waals surface area (Å²) in [5, 5.41) is 2.89. The number of hydrogen-bond donors (Lipinski definition) is 2. The first-order valence-electron chi connectivity index (χ1n) is 5.70. The quantitative estimate of drug-likeness (QED) is 0.794. The Hall–Kier alpha value is -1.35. The number of nitrogens with one attached hydrogen (secondary N) is 1. The van der Waals surface area contributed by atoms with E-state index in [4.69, 9.17) is 5.73 Å². The molecule has 1 aromatic carbocycles. The van der Waals surface area contributed by atoms with Crippen molar-refractivity contribution in [3.63, 3.8) is 0 Å². The highest BCUT2D eigenvalue weighted by Crippen LogP contribution is 2.06. The molecule has 1 aromatic rings. The second kappa shape index (κ2) is 6.28. The Labute approximate surface area is 97.0 Å². The lowest BCUT2D eigenvalue weighted by Crippen LogP contribution is -2.31. The van der Waals surface area contributed by atoms with Gasteiger partial charge in [-0.15, -0.1) is 0 Å². The third-order valence-electron chi connectivity index (χ3n) is 2.71. The van der Waals surface area contributed by atoms with Crippen molar-refractivity contribution in [3.05, 3.63) is 35.4 Å². The van der Waals surface area contributed by atoms with Crippen LogP contribution in [0.5, 0.6) is 0 Å². The highest BCUT2D eigenvalue weighted by atomic mass is 16.1. The Bertz CT molecular complexity index is 350. The molecule has 0 fully saturated rings. The molecule has 1 unspecified atom stereocenters. The first-order valence-corrected chi connectivity index (χ1v) is 5.70. The van der Waals surface area contributed by atoms with Gasteiger partial charge in [0, 0.05) is 19.0 Å². The number of carbonyl (C=O) groups is 1. The second-order valence-electron chi connectivity index (χ2n) is 4.08. The molecule has 0 saturated heterocycles. The van der Waals surface area contributed by atoms with Crippen molar-refractivity contribution in [3.8, 4) is 0 Å². The van der Waals surface area contributed by atoms with E-state index in [1.807, 2.05) is 38.1 Å². The zero-order valence-electron chi connectivity index (χ0n) is 9.99. The molecule has 3 N–H and O–H groups in total. The van der Waals surface area contributed by atoms with E-state index in [0.29, 0.717) is 13.0 Å². The van der Waals surface area contributed by atoms with Crippen molar-refractivity contribution in [1.29, 1.82) is 0 Å². The van der Waals surface area contributed by atoms with Gasteiger partial charge in [-0.25, -0.2) is 0 Å². The fourth-order valence-electron chi connectivity index (χ4n) is 1.46. The van der Waals surface area contributed by atoms with E-state index in [2.05, 4.69) is 5.32 Å². The van der Waals surface area contributed by atoms with Gasteiger partial charge >= 0.3 is 0 Å². The van der Waals surface area contributed by atoms with E-state index in [-0.39, 0.29) is 11.9 Å². The normalized spacial score (nSPS) is 12.2. The molecule has 0 saturated carbocycles. The van der Waals surface area contributed by atoms with Gasteiger partial charge in [-0.1, -0.05) is 31.2 Å². The molecule has 0 heterocycles. The summed E-state index contributed by atoms with van der Waals surface area (Å²) in [5.74, 6) is 0.0256. The Morgan fingerprint density at radius 3 is 2.75 bits per heavy atom. The fourth-order valence-corrected chi connectivity index (χ4v) is 1.46. The van der Waals surface area contributed by atoms with Gasteiger partial charge in [0.1, 0.15) is 0 Å². The number of benzene rings is 1. The minimum atomic E-state index is -0.0307. The maximum atomic E-state index is 11.5. The Morgan fingerprint density at radius 2 is 2.12 bits per heavy atom. The van der Waals surface area contributed by atoms with Crippen molar-refractivity contribution >= 4 is 5.91 Å². The highest BCUT2D eigenvalue weighted by Gasteiger charge is 2.07. The van der Waals surface area contributed by atoms with Crippen LogP contribution in [0.15, 0.2) is 24.3 Å². The standard InChI is InChI=1S/C13H20N2O/c1-3-12(14)8-13(16)15-9-11-7-5-4-6-10(11)2/h4-7,12H,3,8-9,14H2,1-2H3,(H,15,16). The smallest absolute Gasteiger partial charge is 0.221 e. The molecule has 88 valence electrons. The van der Waals surface area contributed by atoms with Crippen molar-refractivity contribution in [1.82, 2.24) is 5.32 Å². The molecule has 0 aliphatic heterocycles. The number of aryl methyl sites for hydroxylation is 1. The van der Waals surface area contributed by atoms with Gasteiger partial charge in [-0.05, 0) is 24.5 Å². The van der Waals surface area contributed by atoms with Crippen LogP contribution >= 0.6 is 0 Å². The zero-order chi connectivity index (χ0) is 12.0. The fraction of sp³-hybridized carbons (Fsp3) is 0.462. The predicted molar refractivity (Wildman–Crippen MR) is 65.9 cm³/mol. The van der Waals surface area contributed by atoms with E-state index in [1.54, 1.807) is 0 Å². The van der Waals surface area contributed by atoms with E-state index in [9.17, 15) is 4.79 Å². The molecule has 0 aliphatic carbocycles. The monoisotopic (exact) mass is 220 g/mol. The lowest BCUT2D eigenvalue weighted by Gasteiger charge is -2.10. The van der Waals surface area contributed by atoms with E-state index >= 15 is 0 Å². The van der Waals surface area contributed by atoms with Crippen LogP contribution in [-0.4, -0.2) is 11.9 Å². The number of nitrogens with two attached hydrogens (primary N) is 1. The molecule has 1 atom stereocenters.